The molecule has 0 spiro atoms. The van der Waals surface area contributed by atoms with E-state index in [2.05, 4.69) is 0 Å². The molecule has 0 radical (unpaired) electrons. The Hall–Kier alpha value is -2.21. The summed E-state index contributed by atoms with van der Waals surface area (Å²) < 4.78 is 22.6. The predicted molar refractivity (Wildman–Crippen MR) is 81.2 cm³/mol. The van der Waals surface area contributed by atoms with Crippen LogP contribution in [0.2, 0.25) is 0 Å². The highest BCUT2D eigenvalue weighted by Gasteiger charge is 2.58. The van der Waals surface area contributed by atoms with Crippen LogP contribution in [0.4, 0.5) is 0 Å². The smallest absolute Gasteiger partial charge is 0.313 e. The number of hydrogen-bond donors (Lipinski definition) is 0. The molecule has 0 N–H and O–H groups in total. The molecule has 118 valence electrons. The molecule has 1 saturated heterocycles. The average Bonchev–Trinajstić information content (AvgIpc) is 2.98. The Morgan fingerprint density at radius 2 is 1.65 bits per heavy atom. The summed E-state index contributed by atoms with van der Waals surface area (Å²) in [5, 5.41) is 0. The van der Waals surface area contributed by atoms with Gasteiger partial charge in [0.15, 0.2) is 11.9 Å². The van der Waals surface area contributed by atoms with Crippen LogP contribution in [0.15, 0.2) is 48.5 Å². The summed E-state index contributed by atoms with van der Waals surface area (Å²) in [7, 11) is 3.12. The lowest BCUT2D eigenvalue weighted by Crippen LogP contribution is -2.39. The fraction of sp³-hybridized carbons (Fsp3) is 0.278. The minimum Gasteiger partial charge on any atom is -0.497 e. The van der Waals surface area contributed by atoms with Crippen LogP contribution < -0.4 is 4.74 Å². The van der Waals surface area contributed by atoms with Gasteiger partial charge in [-0.05, 0) is 17.7 Å². The lowest BCUT2D eigenvalue weighted by molar-refractivity contribution is -0.343. The van der Waals surface area contributed by atoms with E-state index >= 15 is 0 Å². The summed E-state index contributed by atoms with van der Waals surface area (Å²) in [4.78, 5) is 12.8. The van der Waals surface area contributed by atoms with Crippen molar-refractivity contribution in [2.24, 2.45) is 0 Å². The molecule has 4 rings (SSSR count). The number of carbonyl (C=O) groups is 1. The van der Waals surface area contributed by atoms with E-state index in [9.17, 15) is 4.79 Å². The number of methoxy groups -OCH3 is 2. The minimum absolute atomic E-state index is 0.0911. The maximum atomic E-state index is 12.8. The maximum absolute atomic E-state index is 12.8. The number of hydrogen-bond acceptors (Lipinski definition) is 5. The molecule has 2 aromatic carbocycles. The standard InChI is InChI=1S/C18H16O5/c1-20-12-9-7-11(8-10-12)16-17-15(19)13-5-3-4-6-14(13)18(21-2,22-16)23-17/h3-10,16-17H,1-2H3/t16-,17-,18-/m0/s1. The van der Waals surface area contributed by atoms with Crippen molar-refractivity contribution < 1.29 is 23.7 Å². The molecule has 5 nitrogen and oxygen atoms in total. The summed E-state index contributed by atoms with van der Waals surface area (Å²) in [6, 6.07) is 14.6. The van der Waals surface area contributed by atoms with Crippen molar-refractivity contribution >= 4 is 5.78 Å². The second-order valence-corrected chi connectivity index (χ2v) is 5.52. The van der Waals surface area contributed by atoms with Gasteiger partial charge in [0, 0.05) is 12.7 Å². The Bertz CT molecular complexity index is 754. The molecule has 5 heteroatoms. The third-order valence-corrected chi connectivity index (χ3v) is 4.33. The molecule has 0 aromatic heterocycles. The molecule has 0 saturated carbocycles. The first-order valence-electron chi connectivity index (χ1n) is 7.37. The van der Waals surface area contributed by atoms with Crippen LogP contribution in [0.25, 0.3) is 0 Å². The van der Waals surface area contributed by atoms with Gasteiger partial charge in [0.1, 0.15) is 11.9 Å². The van der Waals surface area contributed by atoms with Gasteiger partial charge in [-0.1, -0.05) is 36.4 Å². The highest BCUT2D eigenvalue weighted by Crippen LogP contribution is 2.50. The van der Waals surface area contributed by atoms with Gasteiger partial charge in [-0.25, -0.2) is 0 Å². The lowest BCUT2D eigenvalue weighted by Gasteiger charge is -2.30. The van der Waals surface area contributed by atoms with Gasteiger partial charge in [0.2, 0.25) is 0 Å². The average molecular weight is 312 g/mol. The molecule has 2 aliphatic heterocycles. The summed E-state index contributed by atoms with van der Waals surface area (Å²) in [5.41, 5.74) is 2.04. The summed E-state index contributed by atoms with van der Waals surface area (Å²) in [6.07, 6.45) is -1.25. The molecule has 0 aliphatic carbocycles. The Balaban J connectivity index is 1.78. The Morgan fingerprint density at radius 1 is 0.957 bits per heavy atom. The third-order valence-electron chi connectivity index (χ3n) is 4.33. The van der Waals surface area contributed by atoms with E-state index in [1.54, 1.807) is 19.2 Å². The van der Waals surface area contributed by atoms with Crippen LogP contribution in [-0.4, -0.2) is 26.1 Å². The van der Waals surface area contributed by atoms with Crippen LogP contribution in [0.1, 0.15) is 27.6 Å². The largest absolute Gasteiger partial charge is 0.497 e. The summed E-state index contributed by atoms with van der Waals surface area (Å²) in [6.45, 7) is 0. The number of fused-ring (bicyclic) bond motifs is 4. The SMILES string of the molecule is COc1ccc([C@@H]2O[C@]3(OC)O[C@H]2C(=O)c2ccccc23)cc1. The number of carbonyl (C=O) groups excluding carboxylic acids is 1. The molecule has 1 fully saturated rings. The van der Waals surface area contributed by atoms with Crippen molar-refractivity contribution in [2.75, 3.05) is 14.2 Å². The Morgan fingerprint density at radius 3 is 2.35 bits per heavy atom. The van der Waals surface area contributed by atoms with E-state index in [1.165, 1.54) is 7.11 Å². The zero-order chi connectivity index (χ0) is 16.0. The molecule has 2 aromatic rings. The number of ether oxygens (including phenoxy) is 4. The molecular formula is C18H16O5. The topological polar surface area (TPSA) is 54.0 Å². The van der Waals surface area contributed by atoms with Crippen LogP contribution in [0.3, 0.4) is 0 Å². The van der Waals surface area contributed by atoms with E-state index in [0.29, 0.717) is 11.1 Å². The fourth-order valence-electron chi connectivity index (χ4n) is 3.16. The van der Waals surface area contributed by atoms with E-state index < -0.39 is 18.2 Å². The van der Waals surface area contributed by atoms with Crippen molar-refractivity contribution in [1.82, 2.24) is 0 Å². The van der Waals surface area contributed by atoms with Crippen molar-refractivity contribution in [2.45, 2.75) is 18.2 Å². The summed E-state index contributed by atoms with van der Waals surface area (Å²) >= 11 is 0. The molecule has 2 aliphatic rings. The maximum Gasteiger partial charge on any atom is 0.313 e. The van der Waals surface area contributed by atoms with E-state index in [0.717, 1.165) is 11.3 Å². The van der Waals surface area contributed by atoms with Gasteiger partial charge in [0.25, 0.3) is 0 Å². The van der Waals surface area contributed by atoms with Crippen LogP contribution in [-0.2, 0) is 20.2 Å². The Kier molecular flexibility index (Phi) is 3.23. The second kappa shape index (κ2) is 5.16. The number of benzene rings is 2. The molecule has 0 unspecified atom stereocenters. The van der Waals surface area contributed by atoms with E-state index in [-0.39, 0.29) is 5.78 Å². The van der Waals surface area contributed by atoms with Crippen LogP contribution in [0.5, 0.6) is 5.75 Å². The van der Waals surface area contributed by atoms with Gasteiger partial charge in [-0.15, -0.1) is 0 Å². The normalized spacial score (nSPS) is 28.5. The van der Waals surface area contributed by atoms with Gasteiger partial charge < -0.3 is 18.9 Å². The molecule has 2 bridgehead atoms. The first-order valence-corrected chi connectivity index (χ1v) is 7.37. The van der Waals surface area contributed by atoms with Crippen molar-refractivity contribution in [1.29, 1.82) is 0 Å². The zero-order valence-corrected chi connectivity index (χ0v) is 12.8. The van der Waals surface area contributed by atoms with Gasteiger partial charge in [-0.3, -0.25) is 4.79 Å². The van der Waals surface area contributed by atoms with E-state index in [1.807, 2.05) is 36.4 Å². The third kappa shape index (κ3) is 2.01. The number of Topliss-reactive ketones (excluding diaryl/α,β-unsaturated/α-hetero) is 1. The van der Waals surface area contributed by atoms with Crippen molar-refractivity contribution in [3.63, 3.8) is 0 Å². The van der Waals surface area contributed by atoms with Crippen LogP contribution >= 0.6 is 0 Å². The zero-order valence-electron chi connectivity index (χ0n) is 12.8. The number of ketones is 1. The van der Waals surface area contributed by atoms with Crippen molar-refractivity contribution in [3.8, 4) is 5.75 Å². The Labute approximate surface area is 133 Å². The van der Waals surface area contributed by atoms with Crippen LogP contribution in [0, 0.1) is 0 Å². The fourth-order valence-corrected chi connectivity index (χ4v) is 3.16. The minimum atomic E-state index is -1.33. The van der Waals surface area contributed by atoms with Gasteiger partial charge in [0.05, 0.1) is 12.7 Å². The van der Waals surface area contributed by atoms with Gasteiger partial charge >= 0.3 is 5.97 Å². The second-order valence-electron chi connectivity index (χ2n) is 5.52. The van der Waals surface area contributed by atoms with Gasteiger partial charge in [-0.2, -0.15) is 0 Å². The first-order chi connectivity index (χ1) is 11.2. The molecule has 0 amide bonds. The lowest BCUT2D eigenvalue weighted by atomic mass is 9.93. The molecular weight excluding hydrogens is 296 g/mol. The predicted octanol–water partition coefficient (Wildman–Crippen LogP) is 2.80. The van der Waals surface area contributed by atoms with E-state index in [4.69, 9.17) is 18.9 Å². The highest BCUT2D eigenvalue weighted by molar-refractivity contribution is 6.02. The molecule has 2 heterocycles. The number of rotatable bonds is 3. The van der Waals surface area contributed by atoms with Crippen molar-refractivity contribution in [3.05, 3.63) is 65.2 Å². The highest BCUT2D eigenvalue weighted by atomic mass is 16.9. The first kappa shape index (κ1) is 14.4. The quantitative estimate of drug-likeness (QED) is 0.872. The monoisotopic (exact) mass is 312 g/mol. The summed E-state index contributed by atoms with van der Waals surface area (Å²) in [5.74, 6) is -0.682. The molecule has 3 atom stereocenters. The molecule has 23 heavy (non-hydrogen) atoms.